The van der Waals surface area contributed by atoms with Crippen LogP contribution in [-0.2, 0) is 4.74 Å². The number of benzene rings is 1. The molecule has 0 atom stereocenters. The monoisotopic (exact) mass is 217 g/mol. The van der Waals surface area contributed by atoms with Crippen molar-refractivity contribution in [3.63, 3.8) is 0 Å². The molecule has 82 valence electrons. The third kappa shape index (κ3) is 1.79. The Morgan fingerprint density at radius 1 is 1.31 bits per heavy atom. The predicted octanol–water partition coefficient (Wildman–Crippen LogP) is 1.36. The number of carbonyl (C=O) groups excluding carboxylic acids is 1. The lowest BCUT2D eigenvalue weighted by Gasteiger charge is -2.04. The summed E-state index contributed by atoms with van der Waals surface area (Å²) in [6, 6.07) is 7.63. The van der Waals surface area contributed by atoms with Crippen molar-refractivity contribution in [2.75, 3.05) is 7.11 Å². The van der Waals surface area contributed by atoms with Gasteiger partial charge in [-0.1, -0.05) is 22.9 Å². The lowest BCUT2D eigenvalue weighted by atomic mass is 10.2. The number of ether oxygens (including phenoxy) is 1. The number of carbonyl (C=O) groups is 1. The average molecular weight is 217 g/mol. The lowest BCUT2D eigenvalue weighted by Crippen LogP contribution is -2.10. The highest BCUT2D eigenvalue weighted by Crippen LogP contribution is 2.11. The molecule has 0 aliphatic heterocycles. The maximum Gasteiger partial charge on any atom is 0.358 e. The van der Waals surface area contributed by atoms with E-state index in [0.717, 1.165) is 11.3 Å². The molecule has 0 saturated carbocycles. The van der Waals surface area contributed by atoms with Crippen LogP contribution in [0.25, 0.3) is 5.69 Å². The smallest absolute Gasteiger partial charge is 0.358 e. The Labute approximate surface area is 92.7 Å². The van der Waals surface area contributed by atoms with Crippen molar-refractivity contribution >= 4 is 5.97 Å². The lowest BCUT2D eigenvalue weighted by molar-refractivity contribution is 0.0590. The van der Waals surface area contributed by atoms with Crippen molar-refractivity contribution in [2.45, 2.75) is 6.92 Å². The zero-order valence-corrected chi connectivity index (χ0v) is 9.04. The summed E-state index contributed by atoms with van der Waals surface area (Å²) in [6.07, 6.45) is 1.38. The Bertz CT molecular complexity index is 502. The number of nitrogens with zero attached hydrogens (tertiary/aromatic N) is 3. The summed E-state index contributed by atoms with van der Waals surface area (Å²) in [5, 5.41) is 7.55. The van der Waals surface area contributed by atoms with E-state index < -0.39 is 5.97 Å². The maximum atomic E-state index is 11.4. The van der Waals surface area contributed by atoms with Crippen LogP contribution in [0.4, 0.5) is 0 Å². The molecule has 1 aromatic carbocycles. The molecule has 1 aromatic heterocycles. The highest BCUT2D eigenvalue weighted by Gasteiger charge is 2.14. The van der Waals surface area contributed by atoms with Crippen LogP contribution >= 0.6 is 0 Å². The molecule has 2 aromatic rings. The molecule has 16 heavy (non-hydrogen) atoms. The summed E-state index contributed by atoms with van der Waals surface area (Å²) in [5.74, 6) is -0.453. The van der Waals surface area contributed by atoms with E-state index in [0.29, 0.717) is 5.69 Å². The molecule has 0 aliphatic rings. The summed E-state index contributed by atoms with van der Waals surface area (Å²) >= 11 is 0. The SMILES string of the molecule is COC(=O)c1cnnn1-c1ccc(C)cc1. The van der Waals surface area contributed by atoms with Crippen LogP contribution in [0, 0.1) is 6.92 Å². The Kier molecular flexibility index (Phi) is 2.68. The van der Waals surface area contributed by atoms with Gasteiger partial charge in [0, 0.05) is 0 Å². The van der Waals surface area contributed by atoms with Crippen molar-refractivity contribution in [1.82, 2.24) is 15.0 Å². The zero-order valence-electron chi connectivity index (χ0n) is 9.04. The average Bonchev–Trinajstić information content (AvgIpc) is 2.78. The Balaban J connectivity index is 2.44. The van der Waals surface area contributed by atoms with Crippen LogP contribution in [0.3, 0.4) is 0 Å². The minimum atomic E-state index is -0.453. The number of esters is 1. The Hall–Kier alpha value is -2.17. The molecule has 0 fully saturated rings. The Morgan fingerprint density at radius 2 is 2.00 bits per heavy atom. The molecular formula is C11H11N3O2. The Morgan fingerprint density at radius 3 is 2.62 bits per heavy atom. The molecule has 0 aliphatic carbocycles. The first kappa shape index (κ1) is 10.4. The second kappa shape index (κ2) is 4.14. The van der Waals surface area contributed by atoms with Gasteiger partial charge in [-0.3, -0.25) is 0 Å². The fraction of sp³-hybridized carbons (Fsp3) is 0.182. The highest BCUT2D eigenvalue weighted by molar-refractivity contribution is 5.87. The summed E-state index contributed by atoms with van der Waals surface area (Å²) in [6.45, 7) is 1.99. The molecular weight excluding hydrogens is 206 g/mol. The van der Waals surface area contributed by atoms with E-state index >= 15 is 0 Å². The quantitative estimate of drug-likeness (QED) is 0.713. The number of hydrogen-bond donors (Lipinski definition) is 0. The maximum absolute atomic E-state index is 11.4. The van der Waals surface area contributed by atoms with Crippen molar-refractivity contribution < 1.29 is 9.53 Å². The van der Waals surface area contributed by atoms with E-state index in [2.05, 4.69) is 15.0 Å². The molecule has 0 radical (unpaired) electrons. The first-order chi connectivity index (χ1) is 7.72. The largest absolute Gasteiger partial charge is 0.464 e. The van der Waals surface area contributed by atoms with Crippen molar-refractivity contribution in [1.29, 1.82) is 0 Å². The van der Waals surface area contributed by atoms with Crippen molar-refractivity contribution in [3.05, 3.63) is 41.7 Å². The van der Waals surface area contributed by atoms with Gasteiger partial charge in [0.15, 0.2) is 5.69 Å². The zero-order chi connectivity index (χ0) is 11.5. The molecule has 0 N–H and O–H groups in total. The summed E-state index contributed by atoms with van der Waals surface area (Å²) < 4.78 is 6.09. The van der Waals surface area contributed by atoms with Crippen LogP contribution in [0.5, 0.6) is 0 Å². The van der Waals surface area contributed by atoms with Crippen molar-refractivity contribution in [2.24, 2.45) is 0 Å². The third-order valence-corrected chi connectivity index (χ3v) is 2.22. The normalized spacial score (nSPS) is 10.1. The van der Waals surface area contributed by atoms with Crippen LogP contribution in [0.2, 0.25) is 0 Å². The van der Waals surface area contributed by atoms with E-state index in [9.17, 15) is 4.79 Å². The molecule has 0 amide bonds. The van der Waals surface area contributed by atoms with E-state index in [1.165, 1.54) is 18.0 Å². The highest BCUT2D eigenvalue weighted by atomic mass is 16.5. The third-order valence-electron chi connectivity index (χ3n) is 2.22. The minimum absolute atomic E-state index is 0.311. The summed E-state index contributed by atoms with van der Waals surface area (Å²) in [4.78, 5) is 11.4. The fourth-order valence-corrected chi connectivity index (χ4v) is 1.36. The molecule has 1 heterocycles. The van der Waals surface area contributed by atoms with Gasteiger partial charge in [-0.25, -0.2) is 9.48 Å². The standard InChI is InChI=1S/C11H11N3O2/c1-8-3-5-9(6-4-8)14-10(7-12-13-14)11(15)16-2/h3-7H,1-2H3. The van der Waals surface area contributed by atoms with Crippen molar-refractivity contribution in [3.8, 4) is 5.69 Å². The van der Waals surface area contributed by atoms with Gasteiger partial charge >= 0.3 is 5.97 Å². The first-order valence-corrected chi connectivity index (χ1v) is 4.78. The molecule has 5 heteroatoms. The van der Waals surface area contributed by atoms with Gasteiger partial charge in [-0.2, -0.15) is 0 Å². The number of hydrogen-bond acceptors (Lipinski definition) is 4. The van der Waals surface area contributed by atoms with E-state index in [1.54, 1.807) is 0 Å². The van der Waals surface area contributed by atoms with Gasteiger partial charge in [0.2, 0.25) is 0 Å². The summed E-state index contributed by atoms with van der Waals surface area (Å²) in [5.41, 5.74) is 2.23. The van der Waals surface area contributed by atoms with Crippen LogP contribution < -0.4 is 0 Å². The number of rotatable bonds is 2. The second-order valence-electron chi connectivity index (χ2n) is 3.36. The predicted molar refractivity (Wildman–Crippen MR) is 57.4 cm³/mol. The van der Waals surface area contributed by atoms with Gasteiger partial charge in [0.25, 0.3) is 0 Å². The number of methoxy groups -OCH3 is 1. The summed E-state index contributed by atoms with van der Waals surface area (Å²) in [7, 11) is 1.33. The van der Waals surface area contributed by atoms with Gasteiger partial charge in [0.05, 0.1) is 19.0 Å². The van der Waals surface area contributed by atoms with Gasteiger partial charge in [0.1, 0.15) is 0 Å². The molecule has 5 nitrogen and oxygen atoms in total. The molecule has 0 spiro atoms. The van der Waals surface area contributed by atoms with Crippen LogP contribution in [-0.4, -0.2) is 28.1 Å². The van der Waals surface area contributed by atoms with Gasteiger partial charge in [-0.15, -0.1) is 5.10 Å². The van der Waals surface area contributed by atoms with E-state index in [1.807, 2.05) is 31.2 Å². The topological polar surface area (TPSA) is 57.0 Å². The fourth-order valence-electron chi connectivity index (χ4n) is 1.36. The molecule has 0 unspecified atom stereocenters. The molecule has 2 rings (SSSR count). The number of aryl methyl sites for hydroxylation is 1. The van der Waals surface area contributed by atoms with Crippen LogP contribution in [0.1, 0.15) is 16.1 Å². The van der Waals surface area contributed by atoms with Gasteiger partial charge < -0.3 is 4.74 Å². The molecule has 0 bridgehead atoms. The minimum Gasteiger partial charge on any atom is -0.464 e. The second-order valence-corrected chi connectivity index (χ2v) is 3.36. The van der Waals surface area contributed by atoms with Gasteiger partial charge in [-0.05, 0) is 19.1 Å². The van der Waals surface area contributed by atoms with Crippen LogP contribution in [0.15, 0.2) is 30.5 Å². The van der Waals surface area contributed by atoms with E-state index in [-0.39, 0.29) is 0 Å². The molecule has 0 saturated heterocycles. The number of aromatic nitrogens is 3. The van der Waals surface area contributed by atoms with E-state index in [4.69, 9.17) is 0 Å². The first-order valence-electron chi connectivity index (χ1n) is 4.78.